The molecule has 1 atom stereocenters. The van der Waals surface area contributed by atoms with Crippen LogP contribution in [0.15, 0.2) is 6.33 Å². The van der Waals surface area contributed by atoms with E-state index in [4.69, 9.17) is 14.8 Å². The molecule has 0 bridgehead atoms. The van der Waals surface area contributed by atoms with Crippen LogP contribution in [0.3, 0.4) is 0 Å². The third-order valence-electron chi connectivity index (χ3n) is 4.58. The monoisotopic (exact) mass is 348 g/mol. The van der Waals surface area contributed by atoms with Crippen LogP contribution < -0.4 is 9.64 Å². The SMILES string of the molecule is CCn1c(N(C)C(C)C)nc2c(O[C@H]3CCN(C(=O)O)C3)ncnc21. The highest BCUT2D eigenvalue weighted by Gasteiger charge is 2.29. The molecule has 0 aromatic carbocycles. The number of hydrogen-bond acceptors (Lipinski definition) is 6. The van der Waals surface area contributed by atoms with Gasteiger partial charge in [0.15, 0.2) is 11.2 Å². The maximum Gasteiger partial charge on any atom is 0.407 e. The van der Waals surface area contributed by atoms with Crippen molar-refractivity contribution >= 4 is 23.2 Å². The van der Waals surface area contributed by atoms with Crippen molar-refractivity contribution in [3.8, 4) is 5.88 Å². The van der Waals surface area contributed by atoms with Crippen LogP contribution in [0.4, 0.5) is 10.7 Å². The summed E-state index contributed by atoms with van der Waals surface area (Å²) < 4.78 is 8.00. The fourth-order valence-corrected chi connectivity index (χ4v) is 2.94. The Morgan fingerprint density at radius 3 is 2.84 bits per heavy atom. The summed E-state index contributed by atoms with van der Waals surface area (Å²) >= 11 is 0. The number of aromatic nitrogens is 4. The molecule has 9 nitrogen and oxygen atoms in total. The van der Waals surface area contributed by atoms with Gasteiger partial charge in [-0.2, -0.15) is 4.98 Å². The lowest BCUT2D eigenvalue weighted by Gasteiger charge is -2.22. The smallest absolute Gasteiger partial charge is 0.407 e. The third-order valence-corrected chi connectivity index (χ3v) is 4.58. The Hall–Kier alpha value is -2.58. The van der Waals surface area contributed by atoms with Crippen molar-refractivity contribution in [2.45, 2.75) is 45.9 Å². The van der Waals surface area contributed by atoms with Gasteiger partial charge in [-0.1, -0.05) is 0 Å². The number of fused-ring (bicyclic) bond motifs is 1. The molecule has 1 fully saturated rings. The van der Waals surface area contributed by atoms with Crippen molar-refractivity contribution in [3.63, 3.8) is 0 Å². The average molecular weight is 348 g/mol. The van der Waals surface area contributed by atoms with Crippen LogP contribution in [0.2, 0.25) is 0 Å². The molecule has 1 saturated heterocycles. The van der Waals surface area contributed by atoms with Gasteiger partial charge in [0.2, 0.25) is 11.8 Å². The first-order valence-corrected chi connectivity index (χ1v) is 8.51. The van der Waals surface area contributed by atoms with Gasteiger partial charge in [0.25, 0.3) is 0 Å². The molecule has 1 aliphatic heterocycles. The lowest BCUT2D eigenvalue weighted by Crippen LogP contribution is -2.29. The molecule has 0 aliphatic carbocycles. The van der Waals surface area contributed by atoms with E-state index in [0.717, 1.165) is 18.1 Å². The van der Waals surface area contributed by atoms with Crippen LogP contribution in [0.25, 0.3) is 11.2 Å². The summed E-state index contributed by atoms with van der Waals surface area (Å²) in [6.07, 6.45) is 0.974. The summed E-state index contributed by atoms with van der Waals surface area (Å²) in [7, 11) is 1.99. The van der Waals surface area contributed by atoms with E-state index in [1.165, 1.54) is 11.2 Å². The zero-order valence-electron chi connectivity index (χ0n) is 15.0. The first-order valence-electron chi connectivity index (χ1n) is 8.51. The minimum atomic E-state index is -0.921. The minimum absolute atomic E-state index is 0.216. The summed E-state index contributed by atoms with van der Waals surface area (Å²) in [5.41, 5.74) is 1.34. The summed E-state index contributed by atoms with van der Waals surface area (Å²) in [5.74, 6) is 1.23. The second kappa shape index (κ2) is 6.73. The Labute approximate surface area is 146 Å². The number of nitrogens with zero attached hydrogens (tertiary/aromatic N) is 6. The van der Waals surface area contributed by atoms with Gasteiger partial charge in [-0.25, -0.2) is 14.8 Å². The van der Waals surface area contributed by atoms with Crippen LogP contribution in [0, 0.1) is 0 Å². The number of rotatable bonds is 5. The van der Waals surface area contributed by atoms with E-state index < -0.39 is 6.09 Å². The molecule has 0 spiro atoms. The highest BCUT2D eigenvalue weighted by molar-refractivity contribution is 5.79. The van der Waals surface area contributed by atoms with Gasteiger partial charge in [-0.15, -0.1) is 0 Å². The molecule has 3 rings (SSSR count). The Balaban J connectivity index is 1.93. The van der Waals surface area contributed by atoms with Crippen molar-refractivity contribution in [1.82, 2.24) is 24.4 Å². The molecule has 136 valence electrons. The molecule has 2 aromatic heterocycles. The maximum absolute atomic E-state index is 11.1. The number of anilines is 1. The minimum Gasteiger partial charge on any atom is -0.471 e. The van der Waals surface area contributed by atoms with Crippen LogP contribution in [-0.4, -0.2) is 67.9 Å². The van der Waals surface area contributed by atoms with Crippen LogP contribution in [0.1, 0.15) is 27.2 Å². The van der Waals surface area contributed by atoms with Gasteiger partial charge < -0.3 is 19.6 Å². The van der Waals surface area contributed by atoms with E-state index in [2.05, 4.69) is 28.7 Å². The van der Waals surface area contributed by atoms with Crippen molar-refractivity contribution < 1.29 is 14.6 Å². The largest absolute Gasteiger partial charge is 0.471 e. The second-order valence-corrected chi connectivity index (χ2v) is 6.47. The van der Waals surface area contributed by atoms with Gasteiger partial charge in [0, 0.05) is 32.6 Å². The second-order valence-electron chi connectivity index (χ2n) is 6.47. The average Bonchev–Trinajstić information content (AvgIpc) is 3.18. The number of imidazole rings is 1. The number of likely N-dealkylation sites (tertiary alicyclic amines) is 1. The zero-order valence-corrected chi connectivity index (χ0v) is 15.0. The van der Waals surface area contributed by atoms with Gasteiger partial charge in [0.05, 0.1) is 6.54 Å². The predicted molar refractivity (Wildman–Crippen MR) is 93.2 cm³/mol. The molecule has 0 saturated carbocycles. The molecule has 0 radical (unpaired) electrons. The Kier molecular flexibility index (Phi) is 4.65. The number of amides is 1. The molecule has 1 aliphatic rings. The third kappa shape index (κ3) is 3.18. The van der Waals surface area contributed by atoms with Crippen LogP contribution in [0.5, 0.6) is 5.88 Å². The maximum atomic E-state index is 11.1. The molecule has 9 heteroatoms. The summed E-state index contributed by atoms with van der Waals surface area (Å²) in [5, 5.41) is 9.08. The first kappa shape index (κ1) is 17.2. The Morgan fingerprint density at radius 2 is 2.24 bits per heavy atom. The molecular formula is C16H24N6O3. The summed E-state index contributed by atoms with van der Waals surface area (Å²) in [6, 6.07) is 0.290. The standard InChI is InChI=1S/C16H24N6O3/c1-5-22-13-12(19-15(22)20(4)10(2)3)14(18-9-17-13)25-11-6-7-21(8-11)16(23)24/h9-11H,5-8H2,1-4H3,(H,23,24)/t11-/m0/s1. The number of carboxylic acid groups (broad SMARTS) is 1. The van der Waals surface area contributed by atoms with Crippen LogP contribution in [-0.2, 0) is 6.54 Å². The molecule has 0 unspecified atom stereocenters. The van der Waals surface area contributed by atoms with Crippen molar-refractivity contribution in [2.24, 2.45) is 0 Å². The number of ether oxygens (including phenoxy) is 1. The quantitative estimate of drug-likeness (QED) is 0.880. The fraction of sp³-hybridized carbons (Fsp3) is 0.625. The van der Waals surface area contributed by atoms with E-state index in [0.29, 0.717) is 36.9 Å². The van der Waals surface area contributed by atoms with E-state index >= 15 is 0 Å². The van der Waals surface area contributed by atoms with Gasteiger partial charge in [0.1, 0.15) is 12.4 Å². The van der Waals surface area contributed by atoms with E-state index in [-0.39, 0.29) is 6.10 Å². The highest BCUT2D eigenvalue weighted by Crippen LogP contribution is 2.28. The lowest BCUT2D eigenvalue weighted by molar-refractivity contribution is 0.145. The normalized spacial score (nSPS) is 17.5. The molecule has 25 heavy (non-hydrogen) atoms. The Morgan fingerprint density at radius 1 is 1.48 bits per heavy atom. The lowest BCUT2D eigenvalue weighted by atomic mass is 10.3. The molecule has 3 heterocycles. The van der Waals surface area contributed by atoms with Crippen molar-refractivity contribution in [2.75, 3.05) is 25.0 Å². The summed E-state index contributed by atoms with van der Waals surface area (Å²) in [6.45, 7) is 7.79. The van der Waals surface area contributed by atoms with Gasteiger partial charge >= 0.3 is 6.09 Å². The number of aryl methyl sites for hydroxylation is 1. The Bertz CT molecular complexity index is 775. The van der Waals surface area contributed by atoms with E-state index in [9.17, 15) is 4.79 Å². The van der Waals surface area contributed by atoms with Crippen molar-refractivity contribution in [3.05, 3.63) is 6.33 Å². The number of hydrogen-bond donors (Lipinski definition) is 1. The first-order chi connectivity index (χ1) is 11.9. The van der Waals surface area contributed by atoms with Gasteiger partial charge in [-0.05, 0) is 20.8 Å². The molecule has 1 N–H and O–H groups in total. The number of carbonyl (C=O) groups is 1. The zero-order chi connectivity index (χ0) is 18.1. The molecule has 1 amide bonds. The topological polar surface area (TPSA) is 96.6 Å². The summed E-state index contributed by atoms with van der Waals surface area (Å²) in [4.78, 5) is 27.8. The molecule has 2 aromatic rings. The fourth-order valence-electron chi connectivity index (χ4n) is 2.94. The van der Waals surface area contributed by atoms with Gasteiger partial charge in [-0.3, -0.25) is 4.57 Å². The predicted octanol–water partition coefficient (Wildman–Crippen LogP) is 1.82. The molecular weight excluding hydrogens is 324 g/mol. The van der Waals surface area contributed by atoms with E-state index in [1.54, 1.807) is 0 Å². The highest BCUT2D eigenvalue weighted by atomic mass is 16.5. The van der Waals surface area contributed by atoms with E-state index in [1.807, 2.05) is 18.5 Å². The van der Waals surface area contributed by atoms with Crippen LogP contribution >= 0.6 is 0 Å². The van der Waals surface area contributed by atoms with Crippen molar-refractivity contribution in [1.29, 1.82) is 0 Å².